The van der Waals surface area contributed by atoms with Crippen LogP contribution in [0.2, 0.25) is 0 Å². The van der Waals surface area contributed by atoms with Gasteiger partial charge in [-0.05, 0) is 50.3 Å². The van der Waals surface area contributed by atoms with Crippen molar-refractivity contribution in [3.05, 3.63) is 35.4 Å². The molecule has 0 saturated heterocycles. The Morgan fingerprint density at radius 3 is 2.65 bits per heavy atom. The average Bonchev–Trinajstić information content (AvgIpc) is 3.09. The van der Waals surface area contributed by atoms with Crippen molar-refractivity contribution in [1.29, 1.82) is 0 Å². The Labute approximate surface area is 103 Å². The maximum atomic E-state index is 11.2. The maximum Gasteiger partial charge on any atom is 0.159 e. The molecule has 1 fully saturated rings. The minimum atomic E-state index is 0.149. The summed E-state index contributed by atoms with van der Waals surface area (Å²) < 4.78 is 0. The largest absolute Gasteiger partial charge is 0.317 e. The zero-order valence-electron chi connectivity index (χ0n) is 10.7. The molecule has 17 heavy (non-hydrogen) atoms. The molecule has 2 heteroatoms. The number of hydrogen-bond donors (Lipinski definition) is 1. The van der Waals surface area contributed by atoms with Crippen LogP contribution in [0.1, 0.15) is 48.5 Å². The Morgan fingerprint density at radius 1 is 1.35 bits per heavy atom. The minimum Gasteiger partial charge on any atom is -0.317 e. The highest BCUT2D eigenvalue weighted by Gasteiger charge is 2.37. The van der Waals surface area contributed by atoms with E-state index in [1.807, 2.05) is 12.1 Å². The molecule has 0 aromatic heterocycles. The summed E-state index contributed by atoms with van der Waals surface area (Å²) in [5.74, 6) is 1.72. The predicted molar refractivity (Wildman–Crippen MR) is 70.5 cm³/mol. The van der Waals surface area contributed by atoms with Crippen LogP contribution in [0.5, 0.6) is 0 Å². The van der Waals surface area contributed by atoms with Gasteiger partial charge in [0.1, 0.15) is 0 Å². The first-order valence-corrected chi connectivity index (χ1v) is 6.54. The Bertz CT molecular complexity index is 382. The smallest absolute Gasteiger partial charge is 0.159 e. The average molecular weight is 231 g/mol. The number of carbonyl (C=O) groups excluding carboxylic acids is 1. The molecule has 2 atom stereocenters. The van der Waals surface area contributed by atoms with E-state index in [1.54, 1.807) is 6.92 Å². The van der Waals surface area contributed by atoms with Crippen molar-refractivity contribution in [1.82, 2.24) is 5.32 Å². The molecule has 0 amide bonds. The highest BCUT2D eigenvalue weighted by Crippen LogP contribution is 2.49. The molecule has 1 saturated carbocycles. The van der Waals surface area contributed by atoms with Crippen LogP contribution in [-0.4, -0.2) is 18.9 Å². The van der Waals surface area contributed by atoms with Crippen LogP contribution >= 0.6 is 0 Å². The van der Waals surface area contributed by atoms with Crippen molar-refractivity contribution in [2.75, 3.05) is 13.1 Å². The third kappa shape index (κ3) is 3.16. The van der Waals surface area contributed by atoms with Crippen molar-refractivity contribution >= 4 is 5.78 Å². The van der Waals surface area contributed by atoms with Gasteiger partial charge in [0.05, 0.1) is 0 Å². The van der Waals surface area contributed by atoms with Crippen molar-refractivity contribution < 1.29 is 4.79 Å². The summed E-state index contributed by atoms with van der Waals surface area (Å²) in [6.07, 6.45) is 2.58. The molecular weight excluding hydrogens is 210 g/mol. The van der Waals surface area contributed by atoms with E-state index in [0.29, 0.717) is 0 Å². The monoisotopic (exact) mass is 231 g/mol. The van der Waals surface area contributed by atoms with Crippen LogP contribution in [-0.2, 0) is 0 Å². The molecule has 0 bridgehead atoms. The summed E-state index contributed by atoms with van der Waals surface area (Å²) >= 11 is 0. The maximum absolute atomic E-state index is 11.2. The second-order valence-electron chi connectivity index (χ2n) is 4.92. The van der Waals surface area contributed by atoms with Gasteiger partial charge in [-0.25, -0.2) is 0 Å². The summed E-state index contributed by atoms with van der Waals surface area (Å²) in [6, 6.07) is 8.15. The van der Waals surface area contributed by atoms with Crippen molar-refractivity contribution in [3.8, 4) is 0 Å². The van der Waals surface area contributed by atoms with E-state index in [9.17, 15) is 4.79 Å². The van der Waals surface area contributed by atoms with Gasteiger partial charge >= 0.3 is 0 Å². The summed E-state index contributed by atoms with van der Waals surface area (Å²) in [6.45, 7) is 5.95. The fourth-order valence-electron chi connectivity index (χ4n) is 2.40. The van der Waals surface area contributed by atoms with Crippen LogP contribution in [0.4, 0.5) is 0 Å². The summed E-state index contributed by atoms with van der Waals surface area (Å²) in [5, 5.41) is 3.37. The summed E-state index contributed by atoms with van der Waals surface area (Å²) in [7, 11) is 0. The highest BCUT2D eigenvalue weighted by atomic mass is 16.1. The van der Waals surface area contributed by atoms with E-state index >= 15 is 0 Å². The minimum absolute atomic E-state index is 0.149. The molecule has 0 spiro atoms. The lowest BCUT2D eigenvalue weighted by atomic mass is 10.0. The van der Waals surface area contributed by atoms with Crippen LogP contribution in [0.25, 0.3) is 0 Å². The molecule has 2 unspecified atom stereocenters. The van der Waals surface area contributed by atoms with Gasteiger partial charge in [-0.3, -0.25) is 4.79 Å². The van der Waals surface area contributed by atoms with Crippen molar-refractivity contribution in [2.24, 2.45) is 5.92 Å². The molecule has 2 rings (SSSR count). The standard InChI is InChI=1S/C15H21NO/c1-3-16-9-8-14-10-15(14)13-6-4-12(5-7-13)11(2)17/h4-7,14-16H,3,8-10H2,1-2H3. The summed E-state index contributed by atoms with van der Waals surface area (Å²) in [5.41, 5.74) is 2.22. The first-order chi connectivity index (χ1) is 8.22. The molecule has 1 aliphatic carbocycles. The highest BCUT2D eigenvalue weighted by molar-refractivity contribution is 5.94. The lowest BCUT2D eigenvalue weighted by molar-refractivity contribution is 0.101. The van der Waals surface area contributed by atoms with Crippen molar-refractivity contribution in [3.63, 3.8) is 0 Å². The molecule has 1 aliphatic rings. The zero-order chi connectivity index (χ0) is 12.3. The van der Waals surface area contributed by atoms with E-state index in [4.69, 9.17) is 0 Å². The van der Waals surface area contributed by atoms with Crippen LogP contribution in [0.15, 0.2) is 24.3 Å². The normalized spacial score (nSPS) is 22.5. The zero-order valence-corrected chi connectivity index (χ0v) is 10.7. The van der Waals surface area contributed by atoms with Gasteiger partial charge < -0.3 is 5.32 Å². The van der Waals surface area contributed by atoms with Gasteiger partial charge in [-0.15, -0.1) is 0 Å². The predicted octanol–water partition coefficient (Wildman–Crippen LogP) is 2.99. The molecule has 1 aromatic rings. The molecular formula is C15H21NO. The van der Waals surface area contributed by atoms with Gasteiger partial charge in [-0.1, -0.05) is 31.2 Å². The molecule has 0 aliphatic heterocycles. The fraction of sp³-hybridized carbons (Fsp3) is 0.533. The second-order valence-corrected chi connectivity index (χ2v) is 4.92. The topological polar surface area (TPSA) is 29.1 Å². The number of rotatable bonds is 6. The van der Waals surface area contributed by atoms with Gasteiger partial charge in [0, 0.05) is 5.56 Å². The molecule has 0 heterocycles. The number of hydrogen-bond acceptors (Lipinski definition) is 2. The van der Waals surface area contributed by atoms with Crippen molar-refractivity contribution in [2.45, 2.75) is 32.6 Å². The van der Waals surface area contributed by atoms with Gasteiger partial charge in [0.25, 0.3) is 0 Å². The first kappa shape index (κ1) is 12.3. The Hall–Kier alpha value is -1.15. The Morgan fingerprint density at radius 2 is 2.06 bits per heavy atom. The fourth-order valence-corrected chi connectivity index (χ4v) is 2.40. The SMILES string of the molecule is CCNCCC1CC1c1ccc(C(C)=O)cc1. The number of ketones is 1. The van der Waals surface area contributed by atoms with Crippen LogP contribution in [0.3, 0.4) is 0 Å². The molecule has 1 N–H and O–H groups in total. The number of nitrogens with one attached hydrogen (secondary N) is 1. The Balaban J connectivity index is 1.86. The number of Topliss-reactive ketones (excluding diaryl/α,β-unsaturated/α-hetero) is 1. The van der Waals surface area contributed by atoms with E-state index < -0.39 is 0 Å². The molecule has 1 aromatic carbocycles. The van der Waals surface area contributed by atoms with E-state index in [1.165, 1.54) is 18.4 Å². The third-order valence-corrected chi connectivity index (χ3v) is 3.61. The van der Waals surface area contributed by atoms with Gasteiger partial charge in [-0.2, -0.15) is 0 Å². The number of benzene rings is 1. The van der Waals surface area contributed by atoms with E-state index in [2.05, 4.69) is 24.4 Å². The van der Waals surface area contributed by atoms with Gasteiger partial charge in [0.2, 0.25) is 0 Å². The lowest BCUT2D eigenvalue weighted by Crippen LogP contribution is -2.14. The lowest BCUT2D eigenvalue weighted by Gasteiger charge is -2.03. The summed E-state index contributed by atoms with van der Waals surface area (Å²) in [4.78, 5) is 11.2. The quantitative estimate of drug-likeness (QED) is 0.602. The van der Waals surface area contributed by atoms with Crippen LogP contribution < -0.4 is 5.32 Å². The Kier molecular flexibility index (Phi) is 3.95. The van der Waals surface area contributed by atoms with E-state index in [-0.39, 0.29) is 5.78 Å². The van der Waals surface area contributed by atoms with E-state index in [0.717, 1.165) is 30.5 Å². The molecule has 0 radical (unpaired) electrons. The number of carbonyl (C=O) groups is 1. The first-order valence-electron chi connectivity index (χ1n) is 6.54. The second kappa shape index (κ2) is 5.46. The molecule has 92 valence electrons. The van der Waals surface area contributed by atoms with Gasteiger partial charge in [0.15, 0.2) is 5.78 Å². The third-order valence-electron chi connectivity index (χ3n) is 3.61. The molecule has 2 nitrogen and oxygen atoms in total. The van der Waals surface area contributed by atoms with Crippen LogP contribution in [0, 0.1) is 5.92 Å².